The van der Waals surface area contributed by atoms with Gasteiger partial charge in [0.1, 0.15) is 8.07 Å². The molecule has 5 nitrogen and oxygen atoms in total. The van der Waals surface area contributed by atoms with Crippen LogP contribution in [0.15, 0.2) is 28.5 Å². The molecule has 6 heteroatoms. The van der Waals surface area contributed by atoms with E-state index in [0.29, 0.717) is 5.69 Å². The van der Waals surface area contributed by atoms with E-state index in [2.05, 4.69) is 46.8 Å². The van der Waals surface area contributed by atoms with Crippen molar-refractivity contribution in [2.24, 2.45) is 10.3 Å². The molecule has 0 radical (unpaired) electrons. The van der Waals surface area contributed by atoms with Crippen LogP contribution in [-0.4, -0.2) is 32.1 Å². The Bertz CT molecular complexity index is 634. The third kappa shape index (κ3) is 7.11. The molecule has 0 aliphatic carbocycles. The number of nitrogens with one attached hydrogen (secondary N) is 1. The Hall–Kier alpha value is -2.13. The van der Waals surface area contributed by atoms with E-state index in [1.807, 2.05) is 37.1 Å². The highest BCUT2D eigenvalue weighted by molar-refractivity contribution is 6.83. The molecular formula is C17H26N4OSi. The smallest absolute Gasteiger partial charge is 0.221 e. The minimum Gasteiger partial charge on any atom is -0.325 e. The largest absolute Gasteiger partial charge is 0.325 e. The van der Waals surface area contributed by atoms with Gasteiger partial charge in [-0.25, -0.2) is 0 Å². The number of hydrogen-bond donors (Lipinski definition) is 1. The summed E-state index contributed by atoms with van der Waals surface area (Å²) in [5.41, 5.74) is 5.54. The van der Waals surface area contributed by atoms with E-state index in [4.69, 9.17) is 0 Å². The molecule has 0 fully saturated rings. The van der Waals surface area contributed by atoms with E-state index in [1.54, 1.807) is 0 Å². The van der Waals surface area contributed by atoms with Gasteiger partial charge >= 0.3 is 0 Å². The molecule has 0 unspecified atom stereocenters. The fraction of sp³-hybridized carbons (Fsp3) is 0.471. The molecule has 0 heterocycles. The Labute approximate surface area is 140 Å². The Kier molecular flexibility index (Phi) is 6.98. The summed E-state index contributed by atoms with van der Waals surface area (Å²) in [4.78, 5) is 11.3. The average Bonchev–Trinajstić information content (AvgIpc) is 2.46. The van der Waals surface area contributed by atoms with Gasteiger partial charge in [0, 0.05) is 25.6 Å². The maximum Gasteiger partial charge on any atom is 0.221 e. The van der Waals surface area contributed by atoms with E-state index >= 15 is 0 Å². The van der Waals surface area contributed by atoms with Gasteiger partial charge in [-0.1, -0.05) is 30.8 Å². The molecule has 0 aliphatic heterocycles. The summed E-state index contributed by atoms with van der Waals surface area (Å²) < 4.78 is 0. The zero-order chi connectivity index (χ0) is 17.5. The summed E-state index contributed by atoms with van der Waals surface area (Å²) in [6.07, 6.45) is 0. The minimum absolute atomic E-state index is 0.112. The lowest BCUT2D eigenvalue weighted by Crippen LogP contribution is -2.16. The first-order valence-corrected chi connectivity index (χ1v) is 11.4. The summed E-state index contributed by atoms with van der Waals surface area (Å²) >= 11 is 0. The first-order chi connectivity index (χ1) is 10.7. The predicted molar refractivity (Wildman–Crippen MR) is 98.4 cm³/mol. The molecule has 0 saturated heterocycles. The number of nitrogens with zero attached hydrogens (tertiary/aromatic N) is 3. The van der Waals surface area contributed by atoms with Crippen molar-refractivity contribution in [1.29, 1.82) is 0 Å². The SMILES string of the molecule is CCN(CC)N=Nc1ccc(NC(C)=O)c(C#C[Si](C)(C)C)c1. The quantitative estimate of drug-likeness (QED) is 0.380. The monoisotopic (exact) mass is 330 g/mol. The maximum atomic E-state index is 11.3. The minimum atomic E-state index is -1.50. The Morgan fingerprint density at radius 1 is 1.26 bits per heavy atom. The standard InChI is InChI=1S/C17H26N4OSi/c1-7-21(8-2)20-19-16-9-10-17(18-14(3)22)15(13-16)11-12-23(4,5)6/h9-10,13H,7-8H2,1-6H3,(H,18,22). The van der Waals surface area contributed by atoms with Crippen molar-refractivity contribution in [2.75, 3.05) is 18.4 Å². The highest BCUT2D eigenvalue weighted by Crippen LogP contribution is 2.22. The highest BCUT2D eigenvalue weighted by Gasteiger charge is 2.09. The van der Waals surface area contributed by atoms with E-state index in [9.17, 15) is 4.79 Å². The van der Waals surface area contributed by atoms with E-state index in [0.717, 1.165) is 24.3 Å². The molecule has 1 rings (SSSR count). The van der Waals surface area contributed by atoms with Crippen LogP contribution >= 0.6 is 0 Å². The van der Waals surface area contributed by atoms with Gasteiger partial charge in [-0.3, -0.25) is 9.80 Å². The van der Waals surface area contributed by atoms with Gasteiger partial charge in [0.15, 0.2) is 0 Å². The van der Waals surface area contributed by atoms with E-state index in [-0.39, 0.29) is 5.91 Å². The Balaban J connectivity index is 3.17. The van der Waals surface area contributed by atoms with Crippen molar-refractivity contribution >= 4 is 25.4 Å². The molecule has 0 atom stereocenters. The first-order valence-electron chi connectivity index (χ1n) is 7.86. The summed E-state index contributed by atoms with van der Waals surface area (Å²) in [5.74, 6) is 3.08. The maximum absolute atomic E-state index is 11.3. The molecule has 0 bridgehead atoms. The summed E-state index contributed by atoms with van der Waals surface area (Å²) in [6, 6.07) is 5.52. The molecule has 1 aromatic carbocycles. The van der Waals surface area contributed by atoms with Crippen LogP contribution in [0.1, 0.15) is 26.3 Å². The second-order valence-corrected chi connectivity index (χ2v) is 11.0. The summed E-state index contributed by atoms with van der Waals surface area (Å²) in [5, 5.41) is 13.1. The normalized spacial score (nSPS) is 11.0. The molecule has 0 spiro atoms. The zero-order valence-corrected chi connectivity index (χ0v) is 15.9. The lowest BCUT2D eigenvalue weighted by molar-refractivity contribution is -0.114. The molecule has 1 amide bonds. The fourth-order valence-corrected chi connectivity index (χ4v) is 2.23. The molecule has 23 heavy (non-hydrogen) atoms. The van der Waals surface area contributed by atoms with Crippen LogP contribution in [0.25, 0.3) is 0 Å². The van der Waals surface area contributed by atoms with E-state index in [1.165, 1.54) is 6.92 Å². The van der Waals surface area contributed by atoms with E-state index < -0.39 is 8.07 Å². The number of carbonyl (C=O) groups excluding carboxylic acids is 1. The fourth-order valence-electron chi connectivity index (χ4n) is 1.72. The van der Waals surface area contributed by atoms with Crippen molar-refractivity contribution in [3.05, 3.63) is 23.8 Å². The molecule has 124 valence electrons. The molecular weight excluding hydrogens is 304 g/mol. The van der Waals surface area contributed by atoms with Crippen LogP contribution < -0.4 is 5.32 Å². The number of rotatable bonds is 5. The average molecular weight is 331 g/mol. The van der Waals surface area contributed by atoms with Crippen LogP contribution in [0.3, 0.4) is 0 Å². The van der Waals surface area contributed by atoms with Crippen LogP contribution in [-0.2, 0) is 4.79 Å². The topological polar surface area (TPSA) is 57.1 Å². The van der Waals surface area contributed by atoms with Crippen molar-refractivity contribution < 1.29 is 4.79 Å². The third-order valence-corrected chi connectivity index (χ3v) is 3.78. The number of benzene rings is 1. The van der Waals surface area contributed by atoms with Gasteiger partial charge in [-0.15, -0.1) is 10.7 Å². The van der Waals surface area contributed by atoms with Gasteiger partial charge in [0.25, 0.3) is 0 Å². The molecule has 0 aliphatic rings. The first kappa shape index (κ1) is 18.9. The number of anilines is 1. The van der Waals surface area contributed by atoms with Gasteiger partial charge < -0.3 is 5.32 Å². The lowest BCUT2D eigenvalue weighted by atomic mass is 10.1. The van der Waals surface area contributed by atoms with Crippen LogP contribution in [0, 0.1) is 11.5 Å². The number of hydrogen-bond acceptors (Lipinski definition) is 3. The predicted octanol–water partition coefficient (Wildman–Crippen LogP) is 4.21. The number of amides is 1. The molecule has 1 aromatic rings. The van der Waals surface area contributed by atoms with Crippen molar-refractivity contribution in [2.45, 2.75) is 40.4 Å². The van der Waals surface area contributed by atoms with Gasteiger partial charge in [0.05, 0.1) is 11.4 Å². The Morgan fingerprint density at radius 2 is 1.91 bits per heavy atom. The molecule has 1 N–H and O–H groups in total. The number of carbonyl (C=O) groups is 1. The molecule has 0 saturated carbocycles. The second-order valence-electron chi connectivity index (χ2n) is 6.24. The van der Waals surface area contributed by atoms with Gasteiger partial charge in [-0.2, -0.15) is 0 Å². The lowest BCUT2D eigenvalue weighted by Gasteiger charge is -2.11. The third-order valence-electron chi connectivity index (χ3n) is 2.90. The van der Waals surface area contributed by atoms with Crippen LogP contribution in [0.5, 0.6) is 0 Å². The van der Waals surface area contributed by atoms with Crippen molar-refractivity contribution in [1.82, 2.24) is 5.01 Å². The summed E-state index contributed by atoms with van der Waals surface area (Å²) in [7, 11) is -1.50. The van der Waals surface area contributed by atoms with Gasteiger partial charge in [-0.05, 0) is 32.0 Å². The van der Waals surface area contributed by atoms with Gasteiger partial charge in [0.2, 0.25) is 5.91 Å². The highest BCUT2D eigenvalue weighted by atomic mass is 28.3. The Morgan fingerprint density at radius 3 is 2.43 bits per heavy atom. The van der Waals surface area contributed by atoms with Crippen LogP contribution in [0.2, 0.25) is 19.6 Å². The summed E-state index contributed by atoms with van der Waals surface area (Å²) in [6.45, 7) is 13.7. The van der Waals surface area contributed by atoms with Crippen molar-refractivity contribution in [3.63, 3.8) is 0 Å². The van der Waals surface area contributed by atoms with Crippen LogP contribution in [0.4, 0.5) is 11.4 Å². The second kappa shape index (κ2) is 8.49. The van der Waals surface area contributed by atoms with Crippen molar-refractivity contribution in [3.8, 4) is 11.5 Å². The molecule has 0 aromatic heterocycles. The zero-order valence-electron chi connectivity index (χ0n) is 14.9.